The number of aryl methyl sites for hydroxylation is 1. The number of aromatic nitrogens is 6. The topological polar surface area (TPSA) is 92.5 Å². The fourth-order valence-corrected chi connectivity index (χ4v) is 4.14. The SMILES string of the molecule is Cc1nn(C2CCC(O)CC2)cc1-c1cnc(-c2cccc(-c3cn[nH]c3)c2)nc1. The van der Waals surface area contributed by atoms with Crippen molar-refractivity contribution in [3.05, 3.63) is 60.9 Å². The van der Waals surface area contributed by atoms with Crippen LogP contribution in [0.2, 0.25) is 0 Å². The summed E-state index contributed by atoms with van der Waals surface area (Å²) in [6.07, 6.45) is 12.9. The maximum atomic E-state index is 9.75. The van der Waals surface area contributed by atoms with Gasteiger partial charge in [-0.25, -0.2) is 9.97 Å². The second kappa shape index (κ2) is 7.84. The fourth-order valence-electron chi connectivity index (χ4n) is 4.14. The number of aliphatic hydroxyl groups excluding tert-OH is 1. The Labute approximate surface area is 174 Å². The molecule has 1 fully saturated rings. The van der Waals surface area contributed by atoms with Gasteiger partial charge in [-0.15, -0.1) is 0 Å². The highest BCUT2D eigenvalue weighted by Crippen LogP contribution is 2.31. The van der Waals surface area contributed by atoms with Crippen LogP contribution in [0, 0.1) is 6.92 Å². The lowest BCUT2D eigenvalue weighted by atomic mass is 9.93. The molecule has 0 radical (unpaired) electrons. The van der Waals surface area contributed by atoms with Gasteiger partial charge in [0.2, 0.25) is 0 Å². The molecule has 0 spiro atoms. The number of hydrogen-bond donors (Lipinski definition) is 2. The predicted octanol–water partition coefficient (Wildman–Crippen LogP) is 4.18. The highest BCUT2D eigenvalue weighted by atomic mass is 16.3. The van der Waals surface area contributed by atoms with E-state index in [0.29, 0.717) is 11.9 Å². The molecule has 7 nitrogen and oxygen atoms in total. The van der Waals surface area contributed by atoms with Crippen molar-refractivity contribution < 1.29 is 5.11 Å². The summed E-state index contributed by atoms with van der Waals surface area (Å²) in [7, 11) is 0. The van der Waals surface area contributed by atoms with E-state index in [2.05, 4.69) is 37.1 Å². The number of aliphatic hydroxyl groups is 1. The van der Waals surface area contributed by atoms with E-state index in [4.69, 9.17) is 5.10 Å². The van der Waals surface area contributed by atoms with Crippen LogP contribution in [0.3, 0.4) is 0 Å². The van der Waals surface area contributed by atoms with E-state index in [9.17, 15) is 5.11 Å². The molecule has 0 saturated heterocycles. The fraction of sp³-hybridized carbons (Fsp3) is 0.304. The van der Waals surface area contributed by atoms with Crippen LogP contribution in [0.1, 0.15) is 37.4 Å². The number of aromatic amines is 1. The van der Waals surface area contributed by atoms with Gasteiger partial charge in [-0.05, 0) is 44.2 Å². The summed E-state index contributed by atoms with van der Waals surface area (Å²) in [4.78, 5) is 9.23. The lowest BCUT2D eigenvalue weighted by Gasteiger charge is -2.25. The highest BCUT2D eigenvalue weighted by Gasteiger charge is 2.22. The largest absolute Gasteiger partial charge is 0.393 e. The lowest BCUT2D eigenvalue weighted by molar-refractivity contribution is 0.108. The molecule has 2 N–H and O–H groups in total. The van der Waals surface area contributed by atoms with Crippen molar-refractivity contribution in [3.8, 4) is 33.6 Å². The molecule has 0 unspecified atom stereocenters. The summed E-state index contributed by atoms with van der Waals surface area (Å²) in [6.45, 7) is 2.02. The van der Waals surface area contributed by atoms with Crippen LogP contribution in [0.4, 0.5) is 0 Å². The molecule has 5 rings (SSSR count). The number of H-pyrrole nitrogens is 1. The Morgan fingerprint density at radius 2 is 1.73 bits per heavy atom. The molecule has 3 heterocycles. The molecule has 1 aliphatic rings. The van der Waals surface area contributed by atoms with Crippen molar-refractivity contribution >= 4 is 0 Å². The third-order valence-electron chi connectivity index (χ3n) is 5.87. The van der Waals surface area contributed by atoms with Crippen LogP contribution < -0.4 is 0 Å². The van der Waals surface area contributed by atoms with Gasteiger partial charge in [0, 0.05) is 47.0 Å². The zero-order chi connectivity index (χ0) is 20.5. The Hall–Kier alpha value is -3.32. The zero-order valence-electron chi connectivity index (χ0n) is 16.9. The number of benzene rings is 1. The molecular weight excluding hydrogens is 376 g/mol. The van der Waals surface area contributed by atoms with Gasteiger partial charge in [0.05, 0.1) is 24.0 Å². The zero-order valence-corrected chi connectivity index (χ0v) is 16.9. The first-order chi connectivity index (χ1) is 14.7. The van der Waals surface area contributed by atoms with E-state index >= 15 is 0 Å². The van der Waals surface area contributed by atoms with E-state index < -0.39 is 0 Å². The Morgan fingerprint density at radius 3 is 2.47 bits per heavy atom. The Kier molecular flexibility index (Phi) is 4.88. The lowest BCUT2D eigenvalue weighted by Crippen LogP contribution is -2.21. The minimum Gasteiger partial charge on any atom is -0.393 e. The minimum absolute atomic E-state index is 0.162. The van der Waals surface area contributed by atoms with Gasteiger partial charge < -0.3 is 5.11 Å². The van der Waals surface area contributed by atoms with Crippen molar-refractivity contribution in [1.29, 1.82) is 0 Å². The maximum absolute atomic E-state index is 9.75. The summed E-state index contributed by atoms with van der Waals surface area (Å²) in [5.74, 6) is 0.690. The van der Waals surface area contributed by atoms with Gasteiger partial charge in [-0.3, -0.25) is 9.78 Å². The molecule has 1 aromatic carbocycles. The van der Waals surface area contributed by atoms with Crippen LogP contribution in [-0.2, 0) is 0 Å². The van der Waals surface area contributed by atoms with E-state index in [-0.39, 0.29) is 6.10 Å². The molecule has 152 valence electrons. The minimum atomic E-state index is -0.162. The summed E-state index contributed by atoms with van der Waals surface area (Å²) in [5.41, 5.74) is 6.06. The normalized spacial score (nSPS) is 19.1. The molecule has 30 heavy (non-hydrogen) atoms. The first kappa shape index (κ1) is 18.7. The summed E-state index contributed by atoms with van der Waals surface area (Å²) < 4.78 is 2.05. The molecule has 0 aliphatic heterocycles. The van der Waals surface area contributed by atoms with E-state index in [1.54, 1.807) is 6.20 Å². The summed E-state index contributed by atoms with van der Waals surface area (Å²) in [5, 5.41) is 21.3. The van der Waals surface area contributed by atoms with Gasteiger partial charge in [0.15, 0.2) is 5.82 Å². The second-order valence-electron chi connectivity index (χ2n) is 7.93. The van der Waals surface area contributed by atoms with Gasteiger partial charge in [0.25, 0.3) is 0 Å². The summed E-state index contributed by atoms with van der Waals surface area (Å²) >= 11 is 0. The van der Waals surface area contributed by atoms with Crippen molar-refractivity contribution in [2.45, 2.75) is 44.8 Å². The Bertz CT molecular complexity index is 1120. The first-order valence-electron chi connectivity index (χ1n) is 10.3. The molecular formula is C23H24N6O. The summed E-state index contributed by atoms with van der Waals surface area (Å²) in [6, 6.07) is 8.49. The average Bonchev–Trinajstić information content (AvgIpc) is 3.45. The molecule has 1 aliphatic carbocycles. The van der Waals surface area contributed by atoms with Crippen molar-refractivity contribution in [3.63, 3.8) is 0 Å². The molecule has 4 aromatic rings. The standard InChI is InChI=1S/C23H24N6O/c1-15-22(14-29(28-15)20-5-7-21(30)8-6-20)19-10-24-23(25-11-19)17-4-2-3-16(9-17)18-12-26-27-13-18/h2-4,9-14,20-21,30H,5-8H2,1H3,(H,26,27). The quantitative estimate of drug-likeness (QED) is 0.536. The molecule has 1 saturated carbocycles. The van der Waals surface area contributed by atoms with Crippen LogP contribution in [0.15, 0.2) is 55.2 Å². The van der Waals surface area contributed by atoms with E-state index in [1.165, 1.54) is 0 Å². The van der Waals surface area contributed by atoms with E-state index in [0.717, 1.165) is 59.2 Å². The third kappa shape index (κ3) is 3.64. The van der Waals surface area contributed by atoms with Gasteiger partial charge in [-0.1, -0.05) is 18.2 Å². The molecule has 0 bridgehead atoms. The van der Waals surface area contributed by atoms with Gasteiger partial charge in [0.1, 0.15) is 0 Å². The van der Waals surface area contributed by atoms with Crippen LogP contribution >= 0.6 is 0 Å². The third-order valence-corrected chi connectivity index (χ3v) is 5.87. The monoisotopic (exact) mass is 400 g/mol. The molecule has 0 atom stereocenters. The Morgan fingerprint density at radius 1 is 0.967 bits per heavy atom. The van der Waals surface area contributed by atoms with Crippen molar-refractivity contribution in [1.82, 2.24) is 29.9 Å². The maximum Gasteiger partial charge on any atom is 0.159 e. The Balaban J connectivity index is 1.39. The molecule has 3 aromatic heterocycles. The van der Waals surface area contributed by atoms with E-state index in [1.807, 2.05) is 43.7 Å². The number of rotatable bonds is 4. The average molecular weight is 400 g/mol. The number of nitrogens with zero attached hydrogens (tertiary/aromatic N) is 5. The van der Waals surface area contributed by atoms with Crippen LogP contribution in [0.5, 0.6) is 0 Å². The van der Waals surface area contributed by atoms with Crippen LogP contribution in [0.25, 0.3) is 33.6 Å². The van der Waals surface area contributed by atoms with Crippen molar-refractivity contribution in [2.75, 3.05) is 0 Å². The second-order valence-corrected chi connectivity index (χ2v) is 7.93. The van der Waals surface area contributed by atoms with Crippen LogP contribution in [-0.4, -0.2) is 41.2 Å². The molecule has 7 heteroatoms. The first-order valence-corrected chi connectivity index (χ1v) is 10.3. The number of nitrogens with one attached hydrogen (secondary N) is 1. The van der Waals surface area contributed by atoms with Crippen molar-refractivity contribution in [2.24, 2.45) is 0 Å². The van der Waals surface area contributed by atoms with Gasteiger partial charge >= 0.3 is 0 Å². The number of hydrogen-bond acceptors (Lipinski definition) is 5. The predicted molar refractivity (Wildman–Crippen MR) is 115 cm³/mol. The van der Waals surface area contributed by atoms with Gasteiger partial charge in [-0.2, -0.15) is 10.2 Å². The highest BCUT2D eigenvalue weighted by molar-refractivity contribution is 5.70. The smallest absolute Gasteiger partial charge is 0.159 e. The molecule has 0 amide bonds.